The summed E-state index contributed by atoms with van der Waals surface area (Å²) in [5.74, 6) is 1.14. The highest BCUT2D eigenvalue weighted by Gasteiger charge is 2.29. The molecular weight excluding hydrogens is 596 g/mol. The van der Waals surface area contributed by atoms with Crippen molar-refractivity contribution in [1.82, 2.24) is 25.1 Å². The van der Waals surface area contributed by atoms with Gasteiger partial charge in [-0.3, -0.25) is 19.3 Å². The number of methoxy groups -OCH3 is 1. The number of phosphoric acid groups is 1. The highest BCUT2D eigenvalue weighted by Crippen LogP contribution is 2.36. The Balaban J connectivity index is 1.18. The molecule has 0 radical (unpaired) electrons. The minimum atomic E-state index is -4.48. The third kappa shape index (κ3) is 8.94. The van der Waals surface area contributed by atoms with Crippen LogP contribution < -0.4 is 20.1 Å². The van der Waals surface area contributed by atoms with Crippen LogP contribution in [0, 0.1) is 5.82 Å². The molecule has 0 spiro atoms. The lowest BCUT2D eigenvalue weighted by Crippen LogP contribution is -2.31. The van der Waals surface area contributed by atoms with E-state index in [1.54, 1.807) is 24.3 Å². The van der Waals surface area contributed by atoms with Gasteiger partial charge in [-0.25, -0.2) is 18.9 Å². The maximum absolute atomic E-state index is 13.4. The van der Waals surface area contributed by atoms with Gasteiger partial charge in [0, 0.05) is 48.0 Å². The molecule has 1 aliphatic carbocycles. The van der Waals surface area contributed by atoms with Gasteiger partial charge in [0.1, 0.15) is 18.0 Å². The van der Waals surface area contributed by atoms with Crippen LogP contribution in [0.3, 0.4) is 0 Å². The van der Waals surface area contributed by atoms with Crippen LogP contribution >= 0.6 is 7.82 Å². The third-order valence-corrected chi connectivity index (χ3v) is 7.32. The van der Waals surface area contributed by atoms with E-state index in [4.69, 9.17) is 19.3 Å². The second-order valence-electron chi connectivity index (χ2n) is 10.2. The number of benzene rings is 2. The van der Waals surface area contributed by atoms with Gasteiger partial charge in [0.2, 0.25) is 5.91 Å². The molecule has 2 aromatic heterocycles. The number of rotatable bonds is 16. The predicted molar refractivity (Wildman–Crippen MR) is 159 cm³/mol. The summed E-state index contributed by atoms with van der Waals surface area (Å²) < 4.78 is 40.6. The zero-order valence-electron chi connectivity index (χ0n) is 23.9. The van der Waals surface area contributed by atoms with Gasteiger partial charge in [-0.15, -0.1) is 0 Å². The number of nitrogens with one attached hydrogen (secondary N) is 3. The average molecular weight is 630 g/mol. The molecule has 5 rings (SSSR count). The lowest BCUT2D eigenvalue weighted by molar-refractivity contribution is -0.115. The number of halogens is 1. The Morgan fingerprint density at radius 1 is 1.14 bits per heavy atom. The molecule has 0 saturated heterocycles. The average Bonchev–Trinajstić information content (AvgIpc) is 3.73. The number of aromatic amines is 1. The van der Waals surface area contributed by atoms with Crippen molar-refractivity contribution < 1.29 is 37.5 Å². The smallest absolute Gasteiger partial charge is 0.469 e. The summed E-state index contributed by atoms with van der Waals surface area (Å²) in [7, 11) is -2.95. The van der Waals surface area contributed by atoms with Crippen molar-refractivity contribution in [3.8, 4) is 11.5 Å². The van der Waals surface area contributed by atoms with E-state index < -0.39 is 13.6 Å². The van der Waals surface area contributed by atoms with Gasteiger partial charge in [0.15, 0.2) is 17.3 Å². The largest absolute Gasteiger partial charge is 0.493 e. The Morgan fingerprint density at radius 2 is 1.98 bits per heavy atom. The summed E-state index contributed by atoms with van der Waals surface area (Å²) in [4.78, 5) is 41.1. The molecule has 1 amide bonds. The molecule has 14 nitrogen and oxygen atoms in total. The SMILES string of the molecule is COc1cc2c(Nc3cc(CC(=O)Nc4cccc(F)c4)[nH]n3)ncnc2cc1OCCCN(CCOP(=O)(O)O)C1CC1. The first kappa shape index (κ1) is 31.3. The summed E-state index contributed by atoms with van der Waals surface area (Å²) >= 11 is 0. The Labute approximate surface area is 252 Å². The van der Waals surface area contributed by atoms with Gasteiger partial charge in [-0.1, -0.05) is 6.07 Å². The van der Waals surface area contributed by atoms with Crippen molar-refractivity contribution in [2.75, 3.05) is 44.0 Å². The van der Waals surface area contributed by atoms with Crippen LogP contribution in [0.4, 0.5) is 21.7 Å². The molecule has 2 aromatic carbocycles. The van der Waals surface area contributed by atoms with Gasteiger partial charge < -0.3 is 29.9 Å². The number of aromatic nitrogens is 4. The molecule has 4 aromatic rings. The number of nitrogens with zero attached hydrogens (tertiary/aromatic N) is 4. The third-order valence-electron chi connectivity index (χ3n) is 6.81. The molecular formula is C28H33FN7O7P. The fourth-order valence-corrected chi connectivity index (χ4v) is 4.98. The maximum Gasteiger partial charge on any atom is 0.469 e. The predicted octanol–water partition coefficient (Wildman–Crippen LogP) is 3.77. The van der Waals surface area contributed by atoms with Crippen LogP contribution in [0.5, 0.6) is 11.5 Å². The number of carbonyl (C=O) groups excluding carboxylic acids is 1. The minimum Gasteiger partial charge on any atom is -0.493 e. The van der Waals surface area contributed by atoms with Crippen molar-refractivity contribution >= 4 is 42.0 Å². The van der Waals surface area contributed by atoms with Crippen LogP contribution in [-0.2, 0) is 20.3 Å². The van der Waals surface area contributed by atoms with Crippen molar-refractivity contribution in [3.05, 3.63) is 60.3 Å². The first-order valence-corrected chi connectivity index (χ1v) is 15.5. The molecule has 2 heterocycles. The maximum atomic E-state index is 13.4. The van der Waals surface area contributed by atoms with E-state index in [1.165, 1.54) is 31.6 Å². The molecule has 16 heteroatoms. The molecule has 1 saturated carbocycles. The summed E-state index contributed by atoms with van der Waals surface area (Å²) in [6, 6.07) is 11.3. The lowest BCUT2D eigenvalue weighted by Gasteiger charge is -2.22. The molecule has 44 heavy (non-hydrogen) atoms. The highest BCUT2D eigenvalue weighted by atomic mass is 31.2. The molecule has 0 aliphatic heterocycles. The normalized spacial score (nSPS) is 13.3. The Bertz CT molecular complexity index is 1650. The topological polar surface area (TPSA) is 184 Å². The van der Waals surface area contributed by atoms with Crippen molar-refractivity contribution in [2.24, 2.45) is 0 Å². The molecule has 5 N–H and O–H groups in total. The second-order valence-corrected chi connectivity index (χ2v) is 11.4. The fourth-order valence-electron chi connectivity index (χ4n) is 4.66. The monoisotopic (exact) mass is 629 g/mol. The van der Waals surface area contributed by atoms with Crippen LogP contribution in [0.1, 0.15) is 25.0 Å². The van der Waals surface area contributed by atoms with E-state index in [0.717, 1.165) is 12.8 Å². The summed E-state index contributed by atoms with van der Waals surface area (Å²) in [5, 5.41) is 13.5. The Kier molecular flexibility index (Phi) is 10.0. The lowest BCUT2D eigenvalue weighted by atomic mass is 10.2. The number of fused-ring (bicyclic) bond motifs is 1. The minimum absolute atomic E-state index is 0.00380. The van der Waals surface area contributed by atoms with E-state index in [2.05, 4.69) is 40.2 Å². The molecule has 0 unspecified atom stereocenters. The van der Waals surface area contributed by atoms with Crippen molar-refractivity contribution in [3.63, 3.8) is 0 Å². The summed E-state index contributed by atoms with van der Waals surface area (Å²) in [6.07, 6.45) is 4.21. The molecule has 1 fully saturated rings. The number of hydrogen-bond acceptors (Lipinski definition) is 10. The number of H-pyrrole nitrogens is 1. The van der Waals surface area contributed by atoms with Crippen LogP contribution in [-0.4, -0.2) is 80.2 Å². The first-order valence-electron chi connectivity index (χ1n) is 13.9. The number of ether oxygens (including phenoxy) is 2. The number of carbonyl (C=O) groups is 1. The van der Waals surface area contributed by atoms with E-state index in [1.807, 2.05) is 0 Å². The van der Waals surface area contributed by atoms with Crippen molar-refractivity contribution in [2.45, 2.75) is 31.7 Å². The van der Waals surface area contributed by atoms with E-state index in [0.29, 0.717) is 77.6 Å². The Morgan fingerprint density at radius 3 is 2.73 bits per heavy atom. The van der Waals surface area contributed by atoms with Gasteiger partial charge in [0.25, 0.3) is 0 Å². The summed E-state index contributed by atoms with van der Waals surface area (Å²) in [6.45, 7) is 1.48. The van der Waals surface area contributed by atoms with Gasteiger partial charge >= 0.3 is 7.82 Å². The number of anilines is 3. The summed E-state index contributed by atoms with van der Waals surface area (Å²) in [5.41, 5.74) is 1.52. The molecule has 234 valence electrons. The van der Waals surface area contributed by atoms with Crippen LogP contribution in [0.15, 0.2) is 48.8 Å². The van der Waals surface area contributed by atoms with E-state index >= 15 is 0 Å². The van der Waals surface area contributed by atoms with Crippen LogP contribution in [0.2, 0.25) is 0 Å². The zero-order valence-corrected chi connectivity index (χ0v) is 24.8. The Hall–Kier alpha value is -4.14. The fraction of sp³-hybridized carbons (Fsp3) is 0.357. The van der Waals surface area contributed by atoms with Gasteiger partial charge in [-0.05, 0) is 43.5 Å². The molecule has 0 atom stereocenters. The molecule has 0 bridgehead atoms. The number of phosphoric ester groups is 1. The first-order chi connectivity index (χ1) is 21.2. The van der Waals surface area contributed by atoms with E-state index in [9.17, 15) is 13.8 Å². The van der Waals surface area contributed by atoms with Crippen molar-refractivity contribution in [1.29, 1.82) is 0 Å². The van der Waals surface area contributed by atoms with Gasteiger partial charge in [0.05, 0.1) is 32.3 Å². The quantitative estimate of drug-likeness (QED) is 0.0895. The second kappa shape index (κ2) is 14.1. The highest BCUT2D eigenvalue weighted by molar-refractivity contribution is 7.46. The van der Waals surface area contributed by atoms with Crippen LogP contribution in [0.25, 0.3) is 10.9 Å². The van der Waals surface area contributed by atoms with Gasteiger partial charge in [-0.2, -0.15) is 5.10 Å². The number of amides is 1. The van der Waals surface area contributed by atoms with E-state index in [-0.39, 0.29) is 18.9 Å². The number of hydrogen-bond donors (Lipinski definition) is 5. The zero-order chi connectivity index (χ0) is 31.1. The standard InChI is InChI=1S/C28H33FN7O7P/c1-41-24-15-22-23(16-25(24)42-10-3-8-36(21-6-7-21)9-11-43-44(38,39)40)30-17-31-28(22)33-26-13-20(34-35-26)14-27(37)32-19-5-2-4-18(29)12-19/h2,4-5,12-13,15-17,21H,3,6-11,14H2,1H3,(H,32,37)(H2,38,39,40)(H2,30,31,33,34,35). The molecule has 1 aliphatic rings.